The second kappa shape index (κ2) is 4.00. The molecule has 1 aromatic heterocycles. The number of pyridine rings is 1. The molecule has 0 aliphatic heterocycles. The van der Waals surface area contributed by atoms with Crippen LogP contribution >= 0.6 is 0 Å². The minimum atomic E-state index is -1.02. The molecule has 1 amide bonds. The molecule has 0 saturated carbocycles. The Balaban J connectivity index is 2.83. The fourth-order valence-electron chi connectivity index (χ4n) is 0.877. The first kappa shape index (κ1) is 10.4. The minimum absolute atomic E-state index is 0.330. The highest BCUT2D eigenvalue weighted by molar-refractivity contribution is 6.01. The van der Waals surface area contributed by atoms with Gasteiger partial charge in [-0.1, -0.05) is 6.58 Å². The largest absolute Gasteiger partial charge is 0.305 e. The molecule has 0 unspecified atom stereocenters. The monoisotopic (exact) mass is 194 g/mol. The Morgan fingerprint density at radius 1 is 1.50 bits per heavy atom. The number of hydrogen-bond acceptors (Lipinski definition) is 2. The number of aromatic nitrogens is 1. The molecule has 0 aliphatic carbocycles. The average Bonchev–Trinajstić information content (AvgIpc) is 2.11. The number of amides is 1. The van der Waals surface area contributed by atoms with E-state index in [4.69, 9.17) is 0 Å². The van der Waals surface area contributed by atoms with E-state index in [9.17, 15) is 9.18 Å². The molecule has 4 heteroatoms. The van der Waals surface area contributed by atoms with Crippen molar-refractivity contribution in [3.63, 3.8) is 0 Å². The number of anilines is 1. The molecule has 1 N–H and O–H groups in total. The zero-order valence-electron chi connectivity index (χ0n) is 8.10. The topological polar surface area (TPSA) is 42.0 Å². The second-order valence-electron chi connectivity index (χ2n) is 3.01. The van der Waals surface area contributed by atoms with Gasteiger partial charge in [-0.3, -0.25) is 4.79 Å². The molecule has 1 aromatic rings. The van der Waals surface area contributed by atoms with E-state index in [0.29, 0.717) is 5.82 Å². The number of nitrogens with one attached hydrogen (secondary N) is 1. The molecule has 0 aromatic carbocycles. The van der Waals surface area contributed by atoms with Crippen LogP contribution in [0.3, 0.4) is 0 Å². The molecule has 0 radical (unpaired) electrons. The van der Waals surface area contributed by atoms with Crippen LogP contribution in [-0.2, 0) is 4.79 Å². The van der Waals surface area contributed by atoms with E-state index in [1.54, 1.807) is 12.3 Å². The van der Waals surface area contributed by atoms with Crippen molar-refractivity contribution >= 4 is 11.7 Å². The zero-order chi connectivity index (χ0) is 10.7. The molecular weight excluding hydrogens is 183 g/mol. The highest BCUT2D eigenvalue weighted by Gasteiger charge is 2.06. The summed E-state index contributed by atoms with van der Waals surface area (Å²) in [6.45, 7) is 6.68. The molecule has 0 bridgehead atoms. The predicted molar refractivity (Wildman–Crippen MR) is 52.6 cm³/mol. The van der Waals surface area contributed by atoms with Crippen molar-refractivity contribution in [3.05, 3.63) is 35.8 Å². The quantitative estimate of drug-likeness (QED) is 0.733. The number of carbonyl (C=O) groups is 1. The third kappa shape index (κ3) is 2.39. The van der Waals surface area contributed by atoms with E-state index >= 15 is 0 Å². The van der Waals surface area contributed by atoms with Crippen molar-refractivity contribution in [3.8, 4) is 0 Å². The Bertz CT molecular complexity index is 388. The predicted octanol–water partition coefficient (Wildman–Crippen LogP) is 2.12. The maximum absolute atomic E-state index is 12.3. The Kier molecular flexibility index (Phi) is 2.96. The van der Waals surface area contributed by atoms with Crippen LogP contribution in [0, 0.1) is 13.8 Å². The van der Waals surface area contributed by atoms with Gasteiger partial charge in [0.1, 0.15) is 5.82 Å². The Labute approximate surface area is 81.7 Å². The Morgan fingerprint density at radius 3 is 2.64 bits per heavy atom. The number of halogens is 1. The molecule has 0 spiro atoms. The van der Waals surface area contributed by atoms with Gasteiger partial charge in [0, 0.05) is 6.20 Å². The summed E-state index contributed by atoms with van der Waals surface area (Å²) in [4.78, 5) is 14.8. The van der Waals surface area contributed by atoms with Crippen LogP contribution in [0.1, 0.15) is 11.1 Å². The second-order valence-corrected chi connectivity index (χ2v) is 3.01. The van der Waals surface area contributed by atoms with E-state index in [1.165, 1.54) is 0 Å². The van der Waals surface area contributed by atoms with Crippen LogP contribution in [0.2, 0.25) is 0 Å². The summed E-state index contributed by atoms with van der Waals surface area (Å²) in [5.74, 6) is -1.55. The third-order valence-corrected chi connectivity index (χ3v) is 1.86. The molecule has 0 atom stereocenters. The number of carbonyl (C=O) groups excluding carboxylic acids is 1. The standard InChI is InChI=1S/C10H11FN2O/c1-6-4-9(12-5-7(6)2)13-10(14)8(3)11/h4-5H,3H2,1-2H3,(H,12,13,14). The maximum Gasteiger partial charge on any atom is 0.284 e. The van der Waals surface area contributed by atoms with E-state index in [2.05, 4.69) is 16.9 Å². The molecule has 1 heterocycles. The lowest BCUT2D eigenvalue weighted by molar-refractivity contribution is -0.114. The molecule has 0 fully saturated rings. The smallest absolute Gasteiger partial charge is 0.284 e. The summed E-state index contributed by atoms with van der Waals surface area (Å²) < 4.78 is 12.3. The lowest BCUT2D eigenvalue weighted by Gasteiger charge is -2.04. The van der Waals surface area contributed by atoms with Gasteiger partial charge in [0.2, 0.25) is 0 Å². The van der Waals surface area contributed by atoms with Crippen LogP contribution < -0.4 is 5.32 Å². The Hall–Kier alpha value is -1.71. The van der Waals surface area contributed by atoms with E-state index in [1.807, 2.05) is 13.8 Å². The van der Waals surface area contributed by atoms with Gasteiger partial charge in [-0.05, 0) is 31.0 Å². The summed E-state index contributed by atoms with van der Waals surface area (Å²) >= 11 is 0. The number of hydrogen-bond donors (Lipinski definition) is 1. The first-order valence-corrected chi connectivity index (χ1v) is 4.09. The normalized spacial score (nSPS) is 9.64. The summed E-state index contributed by atoms with van der Waals surface area (Å²) in [6, 6.07) is 1.68. The van der Waals surface area contributed by atoms with Crippen LogP contribution in [0.5, 0.6) is 0 Å². The van der Waals surface area contributed by atoms with E-state index < -0.39 is 11.7 Å². The van der Waals surface area contributed by atoms with Crippen LogP contribution in [0.25, 0.3) is 0 Å². The van der Waals surface area contributed by atoms with Gasteiger partial charge in [0.05, 0.1) is 0 Å². The highest BCUT2D eigenvalue weighted by atomic mass is 19.1. The number of rotatable bonds is 2. The van der Waals surface area contributed by atoms with Crippen LogP contribution in [0.4, 0.5) is 10.2 Å². The maximum atomic E-state index is 12.3. The average molecular weight is 194 g/mol. The van der Waals surface area contributed by atoms with Crippen LogP contribution in [-0.4, -0.2) is 10.9 Å². The van der Waals surface area contributed by atoms with E-state index in [-0.39, 0.29) is 0 Å². The summed E-state index contributed by atoms with van der Waals surface area (Å²) in [7, 11) is 0. The first-order chi connectivity index (χ1) is 6.50. The Morgan fingerprint density at radius 2 is 2.14 bits per heavy atom. The number of nitrogens with zero attached hydrogens (tertiary/aromatic N) is 1. The molecule has 3 nitrogen and oxygen atoms in total. The van der Waals surface area contributed by atoms with Crippen molar-refractivity contribution in [2.75, 3.05) is 5.32 Å². The van der Waals surface area contributed by atoms with Crippen molar-refractivity contribution in [1.29, 1.82) is 0 Å². The van der Waals surface area contributed by atoms with Gasteiger partial charge >= 0.3 is 0 Å². The lowest BCUT2D eigenvalue weighted by atomic mass is 10.2. The van der Waals surface area contributed by atoms with Gasteiger partial charge in [0.15, 0.2) is 5.83 Å². The first-order valence-electron chi connectivity index (χ1n) is 4.09. The van der Waals surface area contributed by atoms with Crippen molar-refractivity contribution in [2.24, 2.45) is 0 Å². The summed E-state index contributed by atoms with van der Waals surface area (Å²) in [5, 5.41) is 2.28. The molecule has 74 valence electrons. The fourth-order valence-corrected chi connectivity index (χ4v) is 0.877. The van der Waals surface area contributed by atoms with Crippen LogP contribution in [0.15, 0.2) is 24.7 Å². The number of aryl methyl sites for hydroxylation is 2. The van der Waals surface area contributed by atoms with Crippen molar-refractivity contribution in [1.82, 2.24) is 4.98 Å². The molecule has 0 saturated heterocycles. The summed E-state index contributed by atoms with van der Waals surface area (Å²) in [6.07, 6.45) is 1.62. The van der Waals surface area contributed by atoms with Gasteiger partial charge in [-0.25, -0.2) is 9.37 Å². The summed E-state index contributed by atoms with van der Waals surface area (Å²) in [5.41, 5.74) is 2.00. The van der Waals surface area contributed by atoms with Crippen molar-refractivity contribution in [2.45, 2.75) is 13.8 Å². The zero-order valence-corrected chi connectivity index (χ0v) is 8.10. The SMILES string of the molecule is C=C(F)C(=O)Nc1cc(C)c(C)cn1. The lowest BCUT2D eigenvalue weighted by Crippen LogP contribution is -2.12. The molecular formula is C10H11FN2O. The fraction of sp³-hybridized carbons (Fsp3) is 0.200. The van der Waals surface area contributed by atoms with Crippen molar-refractivity contribution < 1.29 is 9.18 Å². The van der Waals surface area contributed by atoms with Gasteiger partial charge < -0.3 is 5.32 Å². The molecule has 14 heavy (non-hydrogen) atoms. The van der Waals surface area contributed by atoms with Gasteiger partial charge in [0.25, 0.3) is 5.91 Å². The molecule has 0 aliphatic rings. The molecule has 1 rings (SSSR count). The van der Waals surface area contributed by atoms with E-state index in [0.717, 1.165) is 11.1 Å². The third-order valence-electron chi connectivity index (χ3n) is 1.86. The van der Waals surface area contributed by atoms with Gasteiger partial charge in [-0.15, -0.1) is 0 Å². The minimum Gasteiger partial charge on any atom is -0.305 e. The highest BCUT2D eigenvalue weighted by Crippen LogP contribution is 2.11. The van der Waals surface area contributed by atoms with Gasteiger partial charge in [-0.2, -0.15) is 0 Å².